The molecular weight excluding hydrogens is 244 g/mol. The van der Waals surface area contributed by atoms with Crippen molar-refractivity contribution in [2.45, 2.75) is 20.3 Å². The molecule has 0 unspecified atom stereocenters. The van der Waals surface area contributed by atoms with Gasteiger partial charge in [-0.15, -0.1) is 0 Å². The highest BCUT2D eigenvalue weighted by atomic mass is 16.5. The lowest BCUT2D eigenvalue weighted by molar-refractivity contribution is -0.125. The van der Waals surface area contributed by atoms with Gasteiger partial charge in [0.1, 0.15) is 0 Å². The van der Waals surface area contributed by atoms with E-state index in [0.29, 0.717) is 25.6 Å². The highest BCUT2D eigenvalue weighted by Crippen LogP contribution is 2.38. The largest absolute Gasteiger partial charge is 0.380 e. The van der Waals surface area contributed by atoms with Crippen molar-refractivity contribution in [3.63, 3.8) is 0 Å². The van der Waals surface area contributed by atoms with Gasteiger partial charge < -0.3 is 15.4 Å². The molecule has 6 heteroatoms. The highest BCUT2D eigenvalue weighted by Gasteiger charge is 2.53. The van der Waals surface area contributed by atoms with Gasteiger partial charge in [0.15, 0.2) is 5.82 Å². The number of nitrogens with zero attached hydrogens (tertiary/aromatic N) is 1. The molecule has 2 fully saturated rings. The molecule has 0 aromatic carbocycles. The summed E-state index contributed by atoms with van der Waals surface area (Å²) in [5, 5.41) is 13.4. The Morgan fingerprint density at radius 3 is 3.21 bits per heavy atom. The second kappa shape index (κ2) is 4.61. The molecule has 104 valence electrons. The number of aromatic amines is 1. The first kappa shape index (κ1) is 12.6. The number of hydrogen-bond acceptors (Lipinski definition) is 4. The molecule has 3 N–H and O–H groups in total. The number of fused-ring (bicyclic) bond motifs is 1. The Labute approximate surface area is 112 Å². The van der Waals surface area contributed by atoms with E-state index in [4.69, 9.17) is 4.74 Å². The highest BCUT2D eigenvalue weighted by molar-refractivity contribution is 5.96. The van der Waals surface area contributed by atoms with Crippen LogP contribution < -0.4 is 10.6 Å². The number of anilines is 1. The summed E-state index contributed by atoms with van der Waals surface area (Å²) in [5.74, 6) is 0.948. The summed E-state index contributed by atoms with van der Waals surface area (Å²) in [4.78, 5) is 12.6. The molecule has 1 aromatic heterocycles. The Bertz CT molecular complexity index is 487. The van der Waals surface area contributed by atoms with E-state index in [1.54, 1.807) is 0 Å². The molecule has 0 saturated carbocycles. The molecule has 0 aliphatic carbocycles. The number of ether oxygens (including phenoxy) is 1. The first-order chi connectivity index (χ1) is 9.17. The molecule has 0 radical (unpaired) electrons. The molecule has 0 spiro atoms. The van der Waals surface area contributed by atoms with Crippen LogP contribution in [-0.4, -0.2) is 42.4 Å². The summed E-state index contributed by atoms with van der Waals surface area (Å²) in [6.07, 6.45) is 0.882. The van der Waals surface area contributed by atoms with Gasteiger partial charge in [0.2, 0.25) is 5.91 Å². The molecule has 3 heterocycles. The van der Waals surface area contributed by atoms with Crippen molar-refractivity contribution >= 4 is 11.7 Å². The van der Waals surface area contributed by atoms with Crippen LogP contribution in [0.3, 0.4) is 0 Å². The second-order valence-electron chi connectivity index (χ2n) is 5.48. The molecule has 6 nitrogen and oxygen atoms in total. The van der Waals surface area contributed by atoms with Crippen LogP contribution in [0.15, 0.2) is 0 Å². The number of aryl methyl sites for hydroxylation is 1. The minimum Gasteiger partial charge on any atom is -0.380 e. The molecule has 0 bridgehead atoms. The average molecular weight is 264 g/mol. The van der Waals surface area contributed by atoms with Crippen LogP contribution in [0.25, 0.3) is 0 Å². The smallest absolute Gasteiger partial charge is 0.235 e. The number of aromatic nitrogens is 2. The van der Waals surface area contributed by atoms with E-state index in [2.05, 4.69) is 27.8 Å². The van der Waals surface area contributed by atoms with Gasteiger partial charge in [0.25, 0.3) is 0 Å². The summed E-state index contributed by atoms with van der Waals surface area (Å²) in [6, 6.07) is 0. The zero-order chi connectivity index (χ0) is 13.5. The number of rotatable bonds is 3. The van der Waals surface area contributed by atoms with E-state index in [1.807, 2.05) is 6.92 Å². The monoisotopic (exact) mass is 264 g/mol. The van der Waals surface area contributed by atoms with Gasteiger partial charge in [-0.1, -0.05) is 6.92 Å². The average Bonchev–Trinajstić information content (AvgIpc) is 3.04. The van der Waals surface area contributed by atoms with E-state index >= 15 is 0 Å². The number of carbonyl (C=O) groups excluding carboxylic acids is 1. The molecular formula is C13H20N4O2. The predicted octanol–water partition coefficient (Wildman–Crippen LogP) is 0.455. The van der Waals surface area contributed by atoms with E-state index in [9.17, 15) is 4.79 Å². The zero-order valence-electron chi connectivity index (χ0n) is 11.4. The lowest BCUT2D eigenvalue weighted by Crippen LogP contribution is -2.42. The summed E-state index contributed by atoms with van der Waals surface area (Å²) < 4.78 is 5.50. The fourth-order valence-corrected chi connectivity index (χ4v) is 3.04. The molecule has 3 rings (SSSR count). The molecule has 2 aliphatic heterocycles. The Kier molecular flexibility index (Phi) is 3.06. The number of amides is 1. The molecule has 1 aromatic rings. The van der Waals surface area contributed by atoms with Crippen LogP contribution >= 0.6 is 0 Å². The first-order valence-corrected chi connectivity index (χ1v) is 6.81. The van der Waals surface area contributed by atoms with Crippen molar-refractivity contribution in [1.29, 1.82) is 0 Å². The first-order valence-electron chi connectivity index (χ1n) is 6.81. The van der Waals surface area contributed by atoms with Gasteiger partial charge in [-0.05, 0) is 13.3 Å². The lowest BCUT2D eigenvalue weighted by atomic mass is 9.80. The maximum Gasteiger partial charge on any atom is 0.235 e. The SMILES string of the molecule is CCc1[nH]nc(NC(=O)[C@]23CNC[C@H]2COC3)c1C. The third-order valence-electron chi connectivity index (χ3n) is 4.44. The maximum absolute atomic E-state index is 12.6. The minimum absolute atomic E-state index is 0.0252. The molecule has 19 heavy (non-hydrogen) atoms. The van der Waals surface area contributed by atoms with Gasteiger partial charge >= 0.3 is 0 Å². The van der Waals surface area contributed by atoms with Gasteiger partial charge in [-0.25, -0.2) is 0 Å². The van der Waals surface area contributed by atoms with Crippen molar-refractivity contribution in [3.8, 4) is 0 Å². The van der Waals surface area contributed by atoms with Crippen molar-refractivity contribution in [1.82, 2.24) is 15.5 Å². The Morgan fingerprint density at radius 1 is 1.63 bits per heavy atom. The molecule has 2 saturated heterocycles. The standard InChI is InChI=1S/C13H20N4O2/c1-3-10-8(2)11(17-16-10)15-12(18)13-6-14-4-9(13)5-19-7-13/h9,14H,3-7H2,1-2H3,(H2,15,16,17,18)/t9-,13-/m0/s1. The minimum atomic E-state index is -0.419. The van der Waals surface area contributed by atoms with Crippen LogP contribution in [0, 0.1) is 18.3 Å². The Morgan fingerprint density at radius 2 is 2.47 bits per heavy atom. The van der Waals surface area contributed by atoms with Crippen molar-refractivity contribution < 1.29 is 9.53 Å². The molecule has 1 amide bonds. The topological polar surface area (TPSA) is 79.0 Å². The van der Waals surface area contributed by atoms with Crippen LogP contribution in [0.4, 0.5) is 5.82 Å². The fraction of sp³-hybridized carbons (Fsp3) is 0.692. The van der Waals surface area contributed by atoms with Crippen LogP contribution in [0.5, 0.6) is 0 Å². The van der Waals surface area contributed by atoms with E-state index < -0.39 is 5.41 Å². The van der Waals surface area contributed by atoms with Gasteiger partial charge in [0, 0.05) is 30.3 Å². The molecule has 2 atom stereocenters. The fourth-order valence-electron chi connectivity index (χ4n) is 3.04. The van der Waals surface area contributed by atoms with Crippen LogP contribution in [0.2, 0.25) is 0 Å². The van der Waals surface area contributed by atoms with Crippen molar-refractivity contribution in [2.75, 3.05) is 31.6 Å². The van der Waals surface area contributed by atoms with E-state index in [-0.39, 0.29) is 11.8 Å². The third-order valence-corrected chi connectivity index (χ3v) is 4.44. The summed E-state index contributed by atoms with van der Waals surface area (Å²) in [7, 11) is 0. The van der Waals surface area contributed by atoms with Gasteiger partial charge in [-0.2, -0.15) is 5.10 Å². The van der Waals surface area contributed by atoms with Crippen molar-refractivity contribution in [3.05, 3.63) is 11.3 Å². The maximum atomic E-state index is 12.6. The summed E-state index contributed by atoms with van der Waals surface area (Å²) in [5.41, 5.74) is 1.67. The predicted molar refractivity (Wildman–Crippen MR) is 70.9 cm³/mol. The number of carbonyl (C=O) groups is 1. The van der Waals surface area contributed by atoms with Crippen LogP contribution in [0.1, 0.15) is 18.2 Å². The third kappa shape index (κ3) is 1.86. The lowest BCUT2D eigenvalue weighted by Gasteiger charge is -2.24. The summed E-state index contributed by atoms with van der Waals surface area (Å²) >= 11 is 0. The zero-order valence-corrected chi connectivity index (χ0v) is 11.4. The van der Waals surface area contributed by atoms with Crippen LogP contribution in [-0.2, 0) is 16.0 Å². The normalized spacial score (nSPS) is 29.5. The Balaban J connectivity index is 1.79. The number of hydrogen-bond donors (Lipinski definition) is 3. The van der Waals surface area contributed by atoms with Gasteiger partial charge in [0.05, 0.1) is 18.6 Å². The number of nitrogens with one attached hydrogen (secondary N) is 3. The quantitative estimate of drug-likeness (QED) is 0.741. The number of H-pyrrole nitrogens is 1. The molecule has 2 aliphatic rings. The van der Waals surface area contributed by atoms with Crippen molar-refractivity contribution in [2.24, 2.45) is 11.3 Å². The van der Waals surface area contributed by atoms with Gasteiger partial charge in [-0.3, -0.25) is 9.89 Å². The Hall–Kier alpha value is -1.40. The van der Waals surface area contributed by atoms with E-state index in [0.717, 1.165) is 24.2 Å². The summed E-state index contributed by atoms with van der Waals surface area (Å²) in [6.45, 7) is 6.75. The second-order valence-corrected chi connectivity index (χ2v) is 5.48. The van der Waals surface area contributed by atoms with E-state index in [1.165, 1.54) is 0 Å².